The fourth-order valence-electron chi connectivity index (χ4n) is 4.61. The number of hydrogen-bond donors (Lipinski definition) is 0. The SMILES string of the molecule is Cc1ccc2cccc3c2c1-c1c(c(CC(C)(C)C)c2ccccc2[n+]1C)O3. The molecule has 0 amide bonds. The lowest BCUT2D eigenvalue weighted by Crippen LogP contribution is -2.34. The molecule has 2 nitrogen and oxygen atoms in total. The topological polar surface area (TPSA) is 13.1 Å². The third-order valence-corrected chi connectivity index (χ3v) is 5.79. The molecule has 1 aromatic heterocycles. The first kappa shape index (κ1) is 17.2. The monoisotopic (exact) mass is 368 g/mol. The Labute approximate surface area is 166 Å². The maximum atomic E-state index is 6.65. The number of para-hydroxylation sites is 1. The molecule has 0 spiro atoms. The summed E-state index contributed by atoms with van der Waals surface area (Å²) in [5.41, 5.74) is 6.51. The zero-order chi connectivity index (χ0) is 19.6. The zero-order valence-electron chi connectivity index (χ0n) is 17.3. The normalized spacial score (nSPS) is 12.9. The Bertz CT molecular complexity index is 1260. The van der Waals surface area contributed by atoms with Crippen LogP contribution < -0.4 is 9.30 Å². The largest absolute Gasteiger partial charge is 0.449 e. The highest BCUT2D eigenvalue weighted by atomic mass is 16.5. The molecule has 0 N–H and O–H groups in total. The van der Waals surface area contributed by atoms with E-state index < -0.39 is 0 Å². The number of pyridine rings is 1. The first-order chi connectivity index (χ1) is 13.3. The van der Waals surface area contributed by atoms with Crippen LogP contribution in [-0.4, -0.2) is 0 Å². The summed E-state index contributed by atoms with van der Waals surface area (Å²) < 4.78 is 8.96. The first-order valence-corrected chi connectivity index (χ1v) is 9.99. The van der Waals surface area contributed by atoms with Gasteiger partial charge in [-0.2, -0.15) is 4.57 Å². The minimum atomic E-state index is 0.165. The van der Waals surface area contributed by atoms with Gasteiger partial charge in [0.15, 0.2) is 0 Å². The van der Waals surface area contributed by atoms with Crippen molar-refractivity contribution in [3.63, 3.8) is 0 Å². The van der Waals surface area contributed by atoms with Crippen LogP contribution >= 0.6 is 0 Å². The molecule has 2 heterocycles. The van der Waals surface area contributed by atoms with Crippen molar-refractivity contribution in [2.24, 2.45) is 12.5 Å². The molecule has 0 radical (unpaired) electrons. The summed E-state index contributed by atoms with van der Waals surface area (Å²) in [5, 5.41) is 3.74. The van der Waals surface area contributed by atoms with Gasteiger partial charge in [0, 0.05) is 17.0 Å². The van der Waals surface area contributed by atoms with Gasteiger partial charge in [-0.05, 0) is 41.8 Å². The number of benzene rings is 3. The van der Waals surface area contributed by atoms with E-state index in [0.717, 1.165) is 17.9 Å². The Balaban J connectivity index is 1.98. The molecule has 2 heteroatoms. The summed E-state index contributed by atoms with van der Waals surface area (Å²) in [7, 11) is 2.16. The third-order valence-electron chi connectivity index (χ3n) is 5.79. The minimum Gasteiger partial charge on any atom is -0.449 e. The molecular weight excluding hydrogens is 342 g/mol. The van der Waals surface area contributed by atoms with Crippen LogP contribution in [0.25, 0.3) is 32.9 Å². The number of hydrogen-bond acceptors (Lipinski definition) is 1. The summed E-state index contributed by atoms with van der Waals surface area (Å²) >= 11 is 0. The highest BCUT2D eigenvalue weighted by Crippen LogP contribution is 2.49. The van der Waals surface area contributed by atoms with Crippen molar-refractivity contribution >= 4 is 21.7 Å². The predicted octanol–water partition coefficient (Wildman–Crippen LogP) is 6.49. The van der Waals surface area contributed by atoms with E-state index in [1.54, 1.807) is 0 Å². The molecule has 5 rings (SSSR count). The van der Waals surface area contributed by atoms with Gasteiger partial charge < -0.3 is 4.74 Å². The van der Waals surface area contributed by atoms with Crippen molar-refractivity contribution < 1.29 is 9.30 Å². The van der Waals surface area contributed by atoms with E-state index in [1.165, 1.54) is 44.1 Å². The van der Waals surface area contributed by atoms with E-state index >= 15 is 0 Å². The molecule has 0 bridgehead atoms. The molecular formula is C26H26NO+. The van der Waals surface area contributed by atoms with Crippen LogP contribution in [0.2, 0.25) is 0 Å². The average Bonchev–Trinajstić information content (AvgIpc) is 2.66. The lowest BCUT2D eigenvalue weighted by atomic mass is 9.84. The van der Waals surface area contributed by atoms with Crippen LogP contribution in [0.3, 0.4) is 0 Å². The van der Waals surface area contributed by atoms with Crippen LogP contribution in [0.4, 0.5) is 0 Å². The molecule has 0 aliphatic carbocycles. The van der Waals surface area contributed by atoms with Gasteiger partial charge in [-0.25, -0.2) is 0 Å². The maximum absolute atomic E-state index is 6.65. The first-order valence-electron chi connectivity index (χ1n) is 9.99. The quantitative estimate of drug-likeness (QED) is 0.308. The number of aromatic nitrogens is 1. The molecule has 0 fully saturated rings. The smallest absolute Gasteiger partial charge is 0.257 e. The van der Waals surface area contributed by atoms with Crippen LogP contribution in [0, 0.1) is 12.3 Å². The minimum absolute atomic E-state index is 0.165. The van der Waals surface area contributed by atoms with Gasteiger partial charge in [-0.15, -0.1) is 0 Å². The van der Waals surface area contributed by atoms with Gasteiger partial charge >= 0.3 is 0 Å². The van der Waals surface area contributed by atoms with Gasteiger partial charge in [-0.3, -0.25) is 0 Å². The van der Waals surface area contributed by atoms with Crippen LogP contribution in [-0.2, 0) is 13.5 Å². The zero-order valence-corrected chi connectivity index (χ0v) is 17.3. The number of aryl methyl sites for hydroxylation is 2. The van der Waals surface area contributed by atoms with Gasteiger partial charge in [0.25, 0.3) is 5.69 Å². The summed E-state index contributed by atoms with van der Waals surface area (Å²) in [6.07, 6.45) is 0.966. The standard InChI is InChI=1S/C26H26NO/c1-16-13-14-17-9-8-12-21-23(17)22(16)24-25(28-21)19(15-26(2,3)4)18-10-6-7-11-20(18)27(24)5/h6-14H,15H2,1-5H3/q+1. The number of fused-ring (bicyclic) bond motifs is 3. The third kappa shape index (κ3) is 2.44. The second kappa shape index (κ2) is 5.81. The lowest BCUT2D eigenvalue weighted by Gasteiger charge is -2.26. The molecule has 4 aromatic rings. The van der Waals surface area contributed by atoms with Crippen LogP contribution in [0.1, 0.15) is 31.9 Å². The number of ether oxygens (including phenoxy) is 1. The summed E-state index contributed by atoms with van der Waals surface area (Å²) in [6, 6.07) is 19.5. The molecule has 28 heavy (non-hydrogen) atoms. The van der Waals surface area contributed by atoms with Crippen molar-refractivity contribution in [2.75, 3.05) is 0 Å². The van der Waals surface area contributed by atoms with Crippen molar-refractivity contribution in [2.45, 2.75) is 34.1 Å². The fraction of sp³-hybridized carbons (Fsp3) is 0.269. The summed E-state index contributed by atoms with van der Waals surface area (Å²) in [4.78, 5) is 0. The second-order valence-corrected chi connectivity index (χ2v) is 9.18. The second-order valence-electron chi connectivity index (χ2n) is 9.18. The molecule has 0 saturated heterocycles. The highest BCUT2D eigenvalue weighted by molar-refractivity contribution is 6.05. The Morgan fingerprint density at radius 1 is 0.929 bits per heavy atom. The van der Waals surface area contributed by atoms with Crippen LogP contribution in [0.5, 0.6) is 11.5 Å². The van der Waals surface area contributed by atoms with E-state index in [1.807, 2.05) is 0 Å². The van der Waals surface area contributed by atoms with E-state index in [2.05, 4.69) is 93.9 Å². The lowest BCUT2D eigenvalue weighted by molar-refractivity contribution is -0.633. The number of rotatable bonds is 1. The predicted molar refractivity (Wildman–Crippen MR) is 116 cm³/mol. The van der Waals surface area contributed by atoms with E-state index in [9.17, 15) is 0 Å². The fourth-order valence-corrected chi connectivity index (χ4v) is 4.61. The molecule has 0 atom stereocenters. The van der Waals surface area contributed by atoms with Crippen molar-refractivity contribution in [1.29, 1.82) is 0 Å². The molecule has 1 aliphatic heterocycles. The summed E-state index contributed by atoms with van der Waals surface area (Å²) in [5.74, 6) is 1.99. The molecule has 0 unspecified atom stereocenters. The summed E-state index contributed by atoms with van der Waals surface area (Å²) in [6.45, 7) is 9.09. The van der Waals surface area contributed by atoms with Gasteiger partial charge in [-0.1, -0.05) is 57.2 Å². The van der Waals surface area contributed by atoms with E-state index in [-0.39, 0.29) is 5.41 Å². The average molecular weight is 369 g/mol. The Kier molecular flexibility index (Phi) is 3.58. The van der Waals surface area contributed by atoms with Gasteiger partial charge in [0.05, 0.1) is 10.9 Å². The maximum Gasteiger partial charge on any atom is 0.257 e. The van der Waals surface area contributed by atoms with Crippen molar-refractivity contribution in [3.05, 3.63) is 65.7 Å². The molecule has 140 valence electrons. The van der Waals surface area contributed by atoms with Crippen molar-refractivity contribution in [3.8, 4) is 22.8 Å². The van der Waals surface area contributed by atoms with E-state index in [0.29, 0.717) is 0 Å². The molecule has 0 saturated carbocycles. The van der Waals surface area contributed by atoms with Gasteiger partial charge in [0.2, 0.25) is 11.3 Å². The van der Waals surface area contributed by atoms with Crippen molar-refractivity contribution in [1.82, 2.24) is 0 Å². The number of nitrogens with zero attached hydrogens (tertiary/aromatic N) is 1. The highest BCUT2D eigenvalue weighted by Gasteiger charge is 2.34. The molecule has 3 aromatic carbocycles. The Hall–Kier alpha value is -2.87. The molecule has 1 aliphatic rings. The Morgan fingerprint density at radius 2 is 1.71 bits per heavy atom. The van der Waals surface area contributed by atoms with Gasteiger partial charge in [0.1, 0.15) is 12.8 Å². The Morgan fingerprint density at radius 3 is 2.50 bits per heavy atom. The van der Waals surface area contributed by atoms with Crippen LogP contribution in [0.15, 0.2) is 54.6 Å². The van der Waals surface area contributed by atoms with E-state index in [4.69, 9.17) is 4.74 Å².